The van der Waals surface area contributed by atoms with Crippen molar-refractivity contribution >= 4 is 0 Å². The molecule has 0 spiro atoms. The van der Waals surface area contributed by atoms with Crippen LogP contribution in [0.15, 0.2) is 24.3 Å². The molecule has 0 radical (unpaired) electrons. The minimum absolute atomic E-state index is 0.409. The molecule has 0 heterocycles. The first kappa shape index (κ1) is 20.1. The van der Waals surface area contributed by atoms with Crippen LogP contribution in [0.2, 0.25) is 0 Å². The molecule has 0 saturated heterocycles. The summed E-state index contributed by atoms with van der Waals surface area (Å²) >= 11 is 0. The molecule has 4 heteroatoms. The standard InChI is InChI=1S/C19H33NO3/c1-5-20(18(4)19-10-8-7-9-17(19)3)11-12-22-15-16-23-14-13-21-6-2/h7-10,18H,5-6,11-16H2,1-4H3. The van der Waals surface area contributed by atoms with Crippen molar-refractivity contribution in [1.82, 2.24) is 4.90 Å². The van der Waals surface area contributed by atoms with Gasteiger partial charge >= 0.3 is 0 Å². The Hall–Kier alpha value is -0.940. The third kappa shape index (κ3) is 7.93. The van der Waals surface area contributed by atoms with Gasteiger partial charge in [-0.25, -0.2) is 0 Å². The van der Waals surface area contributed by atoms with Crippen molar-refractivity contribution in [3.63, 3.8) is 0 Å². The molecule has 0 bridgehead atoms. The van der Waals surface area contributed by atoms with Gasteiger partial charge in [0.2, 0.25) is 0 Å². The first-order valence-corrected chi connectivity index (χ1v) is 8.73. The molecule has 0 aliphatic carbocycles. The zero-order valence-electron chi connectivity index (χ0n) is 15.2. The van der Waals surface area contributed by atoms with E-state index in [1.54, 1.807) is 0 Å². The number of hydrogen-bond donors (Lipinski definition) is 0. The largest absolute Gasteiger partial charge is 0.379 e. The highest BCUT2D eigenvalue weighted by Crippen LogP contribution is 2.22. The molecule has 1 rings (SSSR count). The number of ether oxygens (including phenoxy) is 3. The monoisotopic (exact) mass is 323 g/mol. The minimum atomic E-state index is 0.409. The highest BCUT2D eigenvalue weighted by Gasteiger charge is 2.15. The van der Waals surface area contributed by atoms with Gasteiger partial charge in [0.15, 0.2) is 0 Å². The second kappa shape index (κ2) is 12.5. The van der Waals surface area contributed by atoms with Crippen molar-refractivity contribution < 1.29 is 14.2 Å². The first-order chi connectivity index (χ1) is 11.2. The normalized spacial score (nSPS) is 12.7. The van der Waals surface area contributed by atoms with Crippen LogP contribution in [0.4, 0.5) is 0 Å². The number of hydrogen-bond acceptors (Lipinski definition) is 4. The average molecular weight is 323 g/mol. The SMILES string of the molecule is CCOCCOCCOCCN(CC)C(C)c1ccccc1C. The van der Waals surface area contributed by atoms with E-state index in [1.165, 1.54) is 11.1 Å². The van der Waals surface area contributed by atoms with Crippen LogP contribution in [0, 0.1) is 6.92 Å². The highest BCUT2D eigenvalue weighted by atomic mass is 16.5. The molecular formula is C19H33NO3. The van der Waals surface area contributed by atoms with Crippen molar-refractivity contribution in [2.75, 3.05) is 52.7 Å². The Morgan fingerprint density at radius 2 is 1.52 bits per heavy atom. The number of nitrogens with zero attached hydrogens (tertiary/aromatic N) is 1. The lowest BCUT2D eigenvalue weighted by molar-refractivity contribution is 0.0109. The van der Waals surface area contributed by atoms with E-state index in [0.717, 1.165) is 26.3 Å². The Morgan fingerprint density at radius 1 is 0.913 bits per heavy atom. The maximum absolute atomic E-state index is 5.68. The molecule has 0 fully saturated rings. The van der Waals surface area contributed by atoms with Crippen molar-refractivity contribution in [2.24, 2.45) is 0 Å². The van der Waals surface area contributed by atoms with E-state index in [2.05, 4.69) is 49.9 Å². The predicted molar refractivity (Wildman–Crippen MR) is 95.0 cm³/mol. The van der Waals surface area contributed by atoms with Crippen LogP contribution in [-0.4, -0.2) is 57.6 Å². The molecule has 0 aliphatic heterocycles. The topological polar surface area (TPSA) is 30.9 Å². The van der Waals surface area contributed by atoms with Gasteiger partial charge in [-0.15, -0.1) is 0 Å². The fourth-order valence-electron chi connectivity index (χ4n) is 2.64. The average Bonchev–Trinajstić information content (AvgIpc) is 2.56. The van der Waals surface area contributed by atoms with Crippen LogP contribution in [-0.2, 0) is 14.2 Å². The van der Waals surface area contributed by atoms with E-state index in [4.69, 9.17) is 14.2 Å². The summed E-state index contributed by atoms with van der Waals surface area (Å²) in [6.45, 7) is 14.6. The summed E-state index contributed by atoms with van der Waals surface area (Å²) in [5.74, 6) is 0. The van der Waals surface area contributed by atoms with Crippen molar-refractivity contribution in [3.8, 4) is 0 Å². The van der Waals surface area contributed by atoms with Gasteiger partial charge in [0.1, 0.15) is 0 Å². The van der Waals surface area contributed by atoms with Crippen molar-refractivity contribution in [1.29, 1.82) is 0 Å². The fraction of sp³-hybridized carbons (Fsp3) is 0.684. The van der Waals surface area contributed by atoms with Crippen molar-refractivity contribution in [2.45, 2.75) is 33.7 Å². The lowest BCUT2D eigenvalue weighted by Gasteiger charge is -2.29. The Bertz CT molecular complexity index is 411. The minimum Gasteiger partial charge on any atom is -0.379 e. The first-order valence-electron chi connectivity index (χ1n) is 8.73. The highest BCUT2D eigenvalue weighted by molar-refractivity contribution is 5.28. The molecule has 0 aromatic heterocycles. The van der Waals surface area contributed by atoms with E-state index in [-0.39, 0.29) is 0 Å². The second-order valence-electron chi connectivity index (χ2n) is 5.58. The van der Waals surface area contributed by atoms with Gasteiger partial charge in [0.25, 0.3) is 0 Å². The lowest BCUT2D eigenvalue weighted by Crippen LogP contribution is -2.31. The quantitative estimate of drug-likeness (QED) is 0.520. The number of aryl methyl sites for hydroxylation is 1. The van der Waals surface area contributed by atoms with Gasteiger partial charge in [-0.3, -0.25) is 4.90 Å². The third-order valence-corrected chi connectivity index (χ3v) is 4.06. The zero-order valence-corrected chi connectivity index (χ0v) is 15.2. The van der Waals surface area contributed by atoms with E-state index >= 15 is 0 Å². The summed E-state index contributed by atoms with van der Waals surface area (Å²) in [6, 6.07) is 9.01. The van der Waals surface area contributed by atoms with Crippen LogP contribution in [0.5, 0.6) is 0 Å². The molecule has 0 saturated carbocycles. The Morgan fingerprint density at radius 3 is 2.13 bits per heavy atom. The van der Waals surface area contributed by atoms with Gasteiger partial charge in [-0.1, -0.05) is 31.2 Å². The summed E-state index contributed by atoms with van der Waals surface area (Å²) in [7, 11) is 0. The van der Waals surface area contributed by atoms with Gasteiger partial charge < -0.3 is 14.2 Å². The van der Waals surface area contributed by atoms with E-state index in [9.17, 15) is 0 Å². The molecule has 23 heavy (non-hydrogen) atoms. The number of benzene rings is 1. The molecule has 1 aromatic rings. The Balaban J connectivity index is 2.20. The predicted octanol–water partition coefficient (Wildman–Crippen LogP) is 3.45. The molecule has 0 N–H and O–H groups in total. The van der Waals surface area contributed by atoms with Gasteiger partial charge in [0, 0.05) is 19.2 Å². The van der Waals surface area contributed by atoms with Crippen molar-refractivity contribution in [3.05, 3.63) is 35.4 Å². The molecule has 1 atom stereocenters. The van der Waals surface area contributed by atoms with E-state index < -0.39 is 0 Å². The van der Waals surface area contributed by atoms with E-state index in [0.29, 0.717) is 32.5 Å². The maximum atomic E-state index is 5.68. The lowest BCUT2D eigenvalue weighted by atomic mass is 10.0. The third-order valence-electron chi connectivity index (χ3n) is 4.06. The van der Waals surface area contributed by atoms with Crippen LogP contribution in [0.3, 0.4) is 0 Å². The summed E-state index contributed by atoms with van der Waals surface area (Å²) < 4.78 is 16.3. The summed E-state index contributed by atoms with van der Waals surface area (Å²) in [5.41, 5.74) is 2.75. The molecule has 132 valence electrons. The van der Waals surface area contributed by atoms with Crippen LogP contribution < -0.4 is 0 Å². The van der Waals surface area contributed by atoms with Crippen LogP contribution in [0.25, 0.3) is 0 Å². The Labute approximate surface area is 141 Å². The van der Waals surface area contributed by atoms with Crippen LogP contribution in [0.1, 0.15) is 37.9 Å². The number of rotatable bonds is 13. The Kier molecular flexibility index (Phi) is 10.9. The molecule has 0 amide bonds. The molecule has 4 nitrogen and oxygen atoms in total. The van der Waals surface area contributed by atoms with Gasteiger partial charge in [0.05, 0.1) is 33.0 Å². The summed E-state index contributed by atoms with van der Waals surface area (Å²) in [5, 5.41) is 0. The zero-order chi connectivity index (χ0) is 16.9. The molecule has 0 aliphatic rings. The van der Waals surface area contributed by atoms with Gasteiger partial charge in [-0.2, -0.15) is 0 Å². The molecule has 1 aromatic carbocycles. The molecule has 1 unspecified atom stereocenters. The molecular weight excluding hydrogens is 290 g/mol. The van der Waals surface area contributed by atoms with Crippen LogP contribution >= 0.6 is 0 Å². The summed E-state index contributed by atoms with van der Waals surface area (Å²) in [4.78, 5) is 2.44. The van der Waals surface area contributed by atoms with Gasteiger partial charge in [-0.05, 0) is 38.4 Å². The number of likely N-dealkylation sites (N-methyl/N-ethyl adjacent to an activating group) is 1. The maximum Gasteiger partial charge on any atom is 0.0701 e. The smallest absolute Gasteiger partial charge is 0.0701 e. The second-order valence-corrected chi connectivity index (χ2v) is 5.58. The summed E-state index contributed by atoms with van der Waals surface area (Å²) in [6.07, 6.45) is 0. The van der Waals surface area contributed by atoms with E-state index in [1.807, 2.05) is 6.92 Å². The fourth-order valence-corrected chi connectivity index (χ4v) is 2.64.